The molecule has 5 rings (SSSR count). The third-order valence-electron chi connectivity index (χ3n) is 7.67. The van der Waals surface area contributed by atoms with Crippen LogP contribution < -0.4 is 0 Å². The summed E-state index contributed by atoms with van der Waals surface area (Å²) >= 11 is 0. The van der Waals surface area contributed by atoms with E-state index in [1.807, 2.05) is 6.08 Å². The molecule has 1 saturated carbocycles. The van der Waals surface area contributed by atoms with Gasteiger partial charge in [0.15, 0.2) is 0 Å². The molecule has 0 amide bonds. The maximum Gasteiger partial charge on any atom is 0.140 e. The number of nitrogens with zero attached hydrogens (tertiary/aromatic N) is 1. The highest BCUT2D eigenvalue weighted by molar-refractivity contribution is 5.71. The van der Waals surface area contributed by atoms with Crippen LogP contribution in [0.2, 0.25) is 0 Å². The van der Waals surface area contributed by atoms with Crippen molar-refractivity contribution in [1.29, 1.82) is 0 Å². The minimum Gasteiger partial charge on any atom is -0.360 e. The first-order chi connectivity index (χ1) is 14.7. The van der Waals surface area contributed by atoms with E-state index in [9.17, 15) is 4.39 Å². The zero-order chi connectivity index (χ0) is 20.6. The topological polar surface area (TPSA) is 26.0 Å². The minimum atomic E-state index is -0.0835. The van der Waals surface area contributed by atoms with Crippen LogP contribution in [-0.4, -0.2) is 5.16 Å². The van der Waals surface area contributed by atoms with Crippen molar-refractivity contribution in [2.24, 2.45) is 11.3 Å². The number of halogens is 1. The van der Waals surface area contributed by atoms with Gasteiger partial charge < -0.3 is 4.52 Å². The molecule has 0 N–H and O–H groups in total. The Morgan fingerprint density at radius 1 is 1.20 bits per heavy atom. The van der Waals surface area contributed by atoms with Crippen LogP contribution in [0.5, 0.6) is 0 Å². The Morgan fingerprint density at radius 2 is 2.07 bits per heavy atom. The van der Waals surface area contributed by atoms with Crippen LogP contribution >= 0.6 is 0 Å². The molecule has 1 unspecified atom stereocenters. The Kier molecular flexibility index (Phi) is 5.22. The molecule has 3 heteroatoms. The molecule has 0 aliphatic heterocycles. The zero-order valence-electron chi connectivity index (χ0n) is 17.6. The van der Waals surface area contributed by atoms with Crippen molar-refractivity contribution < 1.29 is 8.91 Å². The van der Waals surface area contributed by atoms with E-state index >= 15 is 0 Å². The number of benzene rings is 1. The summed E-state index contributed by atoms with van der Waals surface area (Å²) in [5.41, 5.74) is 6.29. The van der Waals surface area contributed by atoms with Gasteiger partial charge >= 0.3 is 0 Å². The number of aromatic nitrogens is 1. The summed E-state index contributed by atoms with van der Waals surface area (Å²) < 4.78 is 19.5. The normalized spacial score (nSPS) is 22.2. The number of hydrogen-bond donors (Lipinski definition) is 0. The first-order valence-corrected chi connectivity index (χ1v) is 11.5. The summed E-state index contributed by atoms with van der Waals surface area (Å²) in [5.74, 6) is 1.42. The maximum atomic E-state index is 13.6. The molecule has 0 saturated heterocycles. The van der Waals surface area contributed by atoms with Crippen molar-refractivity contribution in [2.45, 2.75) is 64.2 Å². The SMILES string of the molecule is C=Cc1ccc2c(c1)CCc1c-2noc1CCC1(C2C=CC(F)=CC2)CCCCC1. The van der Waals surface area contributed by atoms with E-state index < -0.39 is 0 Å². The summed E-state index contributed by atoms with van der Waals surface area (Å²) in [6, 6.07) is 6.49. The van der Waals surface area contributed by atoms with E-state index in [0.29, 0.717) is 5.92 Å². The van der Waals surface area contributed by atoms with Crippen LogP contribution in [0.25, 0.3) is 17.3 Å². The molecule has 1 fully saturated rings. The predicted molar refractivity (Wildman–Crippen MR) is 120 cm³/mol. The molecule has 3 aliphatic carbocycles. The Balaban J connectivity index is 1.38. The van der Waals surface area contributed by atoms with Gasteiger partial charge in [0, 0.05) is 17.5 Å². The molecular weight excluding hydrogens is 373 g/mol. The van der Waals surface area contributed by atoms with Gasteiger partial charge in [0.2, 0.25) is 0 Å². The molecule has 30 heavy (non-hydrogen) atoms. The maximum absolute atomic E-state index is 13.6. The fourth-order valence-corrected chi connectivity index (χ4v) is 5.92. The molecule has 156 valence electrons. The fraction of sp³-hybridized carbons (Fsp3) is 0.444. The van der Waals surface area contributed by atoms with E-state index in [2.05, 4.69) is 36.0 Å². The first-order valence-electron chi connectivity index (χ1n) is 11.5. The smallest absolute Gasteiger partial charge is 0.140 e. The first kappa shape index (κ1) is 19.5. The molecule has 1 aromatic heterocycles. The molecular formula is C27H30FNO. The second-order valence-electron chi connectivity index (χ2n) is 9.27. The van der Waals surface area contributed by atoms with Crippen LogP contribution in [0.15, 0.2) is 53.4 Å². The molecule has 0 bridgehead atoms. The Labute approximate surface area is 178 Å². The quantitative estimate of drug-likeness (QED) is 0.520. The lowest BCUT2D eigenvalue weighted by Crippen LogP contribution is -2.33. The lowest BCUT2D eigenvalue weighted by atomic mass is 9.61. The third-order valence-corrected chi connectivity index (χ3v) is 7.67. The van der Waals surface area contributed by atoms with Gasteiger partial charge in [0.1, 0.15) is 17.3 Å². The van der Waals surface area contributed by atoms with Gasteiger partial charge in [-0.05, 0) is 73.1 Å². The molecule has 1 heterocycles. The molecule has 0 radical (unpaired) electrons. The summed E-state index contributed by atoms with van der Waals surface area (Å²) in [7, 11) is 0. The number of allylic oxidation sites excluding steroid dienone is 4. The van der Waals surface area contributed by atoms with Crippen molar-refractivity contribution in [3.63, 3.8) is 0 Å². The molecule has 1 atom stereocenters. The molecule has 0 spiro atoms. The summed E-state index contributed by atoms with van der Waals surface area (Å²) in [6.07, 6.45) is 18.7. The van der Waals surface area contributed by atoms with Gasteiger partial charge in [-0.2, -0.15) is 0 Å². The number of fused-ring (bicyclic) bond motifs is 3. The van der Waals surface area contributed by atoms with Crippen LogP contribution in [0.4, 0.5) is 4.39 Å². The number of rotatable bonds is 5. The third kappa shape index (κ3) is 3.49. The van der Waals surface area contributed by atoms with Gasteiger partial charge in [-0.15, -0.1) is 0 Å². The van der Waals surface area contributed by atoms with Crippen LogP contribution in [-0.2, 0) is 19.3 Å². The van der Waals surface area contributed by atoms with Gasteiger partial charge in [-0.1, -0.05) is 61.3 Å². The van der Waals surface area contributed by atoms with Crippen molar-refractivity contribution in [3.05, 3.63) is 71.3 Å². The van der Waals surface area contributed by atoms with E-state index in [-0.39, 0.29) is 11.2 Å². The molecule has 2 nitrogen and oxygen atoms in total. The fourth-order valence-electron chi connectivity index (χ4n) is 5.92. The lowest BCUT2D eigenvalue weighted by molar-refractivity contribution is 0.108. The van der Waals surface area contributed by atoms with Crippen molar-refractivity contribution in [1.82, 2.24) is 5.16 Å². The second-order valence-corrected chi connectivity index (χ2v) is 9.27. The number of hydrogen-bond acceptors (Lipinski definition) is 2. The Morgan fingerprint density at radius 3 is 2.83 bits per heavy atom. The molecule has 2 aromatic rings. The standard InChI is InChI=1S/C27H30FNO/c1-2-19-6-12-23-20(18-19)7-13-24-25(30-29-26(23)24)14-17-27(15-4-3-5-16-27)21-8-10-22(28)11-9-21/h2,6,8,10-12,18,21H,1,3-5,7,9,13-17H2. The van der Waals surface area contributed by atoms with Gasteiger partial charge in [0.05, 0.1) is 0 Å². The monoisotopic (exact) mass is 403 g/mol. The van der Waals surface area contributed by atoms with E-state index in [0.717, 1.165) is 49.1 Å². The Hall–Kier alpha value is -2.42. The highest BCUT2D eigenvalue weighted by Gasteiger charge is 2.39. The van der Waals surface area contributed by atoms with Crippen LogP contribution in [0, 0.1) is 11.3 Å². The average Bonchev–Trinajstić information content (AvgIpc) is 3.22. The van der Waals surface area contributed by atoms with E-state index in [4.69, 9.17) is 4.52 Å². The van der Waals surface area contributed by atoms with E-state index in [1.165, 1.54) is 48.8 Å². The lowest BCUT2D eigenvalue weighted by Gasteiger charge is -2.43. The molecule has 3 aliphatic rings. The van der Waals surface area contributed by atoms with Gasteiger partial charge in [0.25, 0.3) is 0 Å². The van der Waals surface area contributed by atoms with Crippen LogP contribution in [0.3, 0.4) is 0 Å². The highest BCUT2D eigenvalue weighted by atomic mass is 19.1. The largest absolute Gasteiger partial charge is 0.360 e. The average molecular weight is 404 g/mol. The van der Waals surface area contributed by atoms with Crippen molar-refractivity contribution in [2.75, 3.05) is 0 Å². The summed E-state index contributed by atoms with van der Waals surface area (Å²) in [5, 5.41) is 4.49. The summed E-state index contributed by atoms with van der Waals surface area (Å²) in [6.45, 7) is 3.88. The Bertz CT molecular complexity index is 1010. The van der Waals surface area contributed by atoms with Crippen LogP contribution in [0.1, 0.15) is 67.4 Å². The highest BCUT2D eigenvalue weighted by Crippen LogP contribution is 2.49. The van der Waals surface area contributed by atoms with Crippen molar-refractivity contribution >= 4 is 6.08 Å². The minimum absolute atomic E-state index is 0.0835. The number of aryl methyl sites for hydroxylation is 2. The van der Waals surface area contributed by atoms with Crippen molar-refractivity contribution in [3.8, 4) is 11.3 Å². The van der Waals surface area contributed by atoms with Gasteiger partial charge in [-0.3, -0.25) is 0 Å². The van der Waals surface area contributed by atoms with Gasteiger partial charge in [-0.25, -0.2) is 4.39 Å². The summed E-state index contributed by atoms with van der Waals surface area (Å²) in [4.78, 5) is 0. The predicted octanol–water partition coefficient (Wildman–Crippen LogP) is 7.40. The van der Waals surface area contributed by atoms with E-state index in [1.54, 1.807) is 12.2 Å². The zero-order valence-corrected chi connectivity index (χ0v) is 17.6. The second kappa shape index (κ2) is 8.02. The molecule has 1 aromatic carbocycles.